The van der Waals surface area contributed by atoms with Crippen LogP contribution in [-0.4, -0.2) is 32.5 Å². The highest BCUT2D eigenvalue weighted by molar-refractivity contribution is 7.99. The fourth-order valence-corrected chi connectivity index (χ4v) is 3.78. The topological polar surface area (TPSA) is 79.8 Å². The molecule has 22 heavy (non-hydrogen) atoms. The number of aromatic amines is 1. The van der Waals surface area contributed by atoms with Crippen LogP contribution in [-0.2, 0) is 11.3 Å². The highest BCUT2D eigenvalue weighted by atomic mass is 32.2. The van der Waals surface area contributed by atoms with Gasteiger partial charge < -0.3 is 5.32 Å². The minimum Gasteiger partial charge on any atom is -0.352 e. The molecule has 1 heterocycles. The molecule has 1 fully saturated rings. The van der Waals surface area contributed by atoms with Gasteiger partial charge in [-0.05, 0) is 24.7 Å². The number of hydrogen-bond acceptors (Lipinski definition) is 4. The Balaban J connectivity index is 1.86. The summed E-state index contributed by atoms with van der Waals surface area (Å²) in [6.07, 6.45) is 4.35. The molecular weight excluding hydrogens is 300 g/mol. The van der Waals surface area contributed by atoms with Gasteiger partial charge in [-0.15, -0.1) is 5.10 Å². The molecule has 1 aliphatic carbocycles. The van der Waals surface area contributed by atoms with Gasteiger partial charge in [-0.3, -0.25) is 9.36 Å². The zero-order valence-corrected chi connectivity index (χ0v) is 14.4. The summed E-state index contributed by atoms with van der Waals surface area (Å²) in [5, 5.41) is 10.2. The number of amides is 1. The predicted molar refractivity (Wildman–Crippen MR) is 88.0 cm³/mol. The van der Waals surface area contributed by atoms with Gasteiger partial charge in [0, 0.05) is 12.6 Å². The third-order valence-corrected chi connectivity index (χ3v) is 5.53. The van der Waals surface area contributed by atoms with E-state index in [-0.39, 0.29) is 17.6 Å². The Hall–Kier alpha value is -1.24. The predicted octanol–water partition coefficient (Wildman–Crippen LogP) is 2.01. The second kappa shape index (κ2) is 7.85. The number of H-pyrrole nitrogens is 1. The SMILES string of the molecule is CCCn1c(SCC(=O)N[C@@H]2CCC[C@H](C)[C@H]2C)n[nH]c1=O. The molecular formula is C15H26N4O2S. The van der Waals surface area contributed by atoms with Crippen molar-refractivity contribution in [3.8, 4) is 0 Å². The maximum atomic E-state index is 12.2. The summed E-state index contributed by atoms with van der Waals surface area (Å²) in [5.41, 5.74) is -0.209. The van der Waals surface area contributed by atoms with Crippen molar-refractivity contribution < 1.29 is 4.79 Å². The van der Waals surface area contributed by atoms with Crippen LogP contribution in [0.4, 0.5) is 0 Å². The summed E-state index contributed by atoms with van der Waals surface area (Å²) in [6, 6.07) is 0.272. The van der Waals surface area contributed by atoms with E-state index in [9.17, 15) is 9.59 Å². The van der Waals surface area contributed by atoms with Crippen LogP contribution in [0.1, 0.15) is 46.5 Å². The lowest BCUT2D eigenvalue weighted by molar-refractivity contribution is -0.120. The molecule has 0 radical (unpaired) electrons. The average molecular weight is 326 g/mol. The van der Waals surface area contributed by atoms with Crippen molar-refractivity contribution in [1.82, 2.24) is 20.1 Å². The van der Waals surface area contributed by atoms with Crippen LogP contribution in [0, 0.1) is 11.8 Å². The molecule has 6 nitrogen and oxygen atoms in total. The van der Waals surface area contributed by atoms with Crippen LogP contribution >= 0.6 is 11.8 Å². The van der Waals surface area contributed by atoms with Crippen molar-refractivity contribution in [1.29, 1.82) is 0 Å². The van der Waals surface area contributed by atoms with Gasteiger partial charge >= 0.3 is 5.69 Å². The van der Waals surface area contributed by atoms with E-state index in [1.54, 1.807) is 4.57 Å². The van der Waals surface area contributed by atoms with Crippen LogP contribution in [0.15, 0.2) is 9.95 Å². The number of carbonyl (C=O) groups is 1. The zero-order chi connectivity index (χ0) is 16.1. The van der Waals surface area contributed by atoms with Crippen LogP contribution in [0.2, 0.25) is 0 Å². The van der Waals surface area contributed by atoms with Gasteiger partial charge in [-0.1, -0.05) is 45.4 Å². The summed E-state index contributed by atoms with van der Waals surface area (Å²) in [5.74, 6) is 1.50. The largest absolute Gasteiger partial charge is 0.352 e. The molecule has 0 aliphatic heterocycles. The minimum atomic E-state index is -0.209. The van der Waals surface area contributed by atoms with E-state index in [4.69, 9.17) is 0 Å². The molecule has 3 atom stereocenters. The number of nitrogens with zero attached hydrogens (tertiary/aromatic N) is 2. The summed E-state index contributed by atoms with van der Waals surface area (Å²) in [6.45, 7) is 7.10. The molecule has 2 rings (SSSR count). The molecule has 0 unspecified atom stereocenters. The first-order chi connectivity index (χ1) is 10.5. The first-order valence-electron chi connectivity index (χ1n) is 8.10. The summed E-state index contributed by atoms with van der Waals surface area (Å²) >= 11 is 1.32. The van der Waals surface area contributed by atoms with Gasteiger partial charge in [0.25, 0.3) is 0 Å². The molecule has 0 bridgehead atoms. The van der Waals surface area contributed by atoms with Gasteiger partial charge in [0.2, 0.25) is 5.91 Å². The van der Waals surface area contributed by atoms with E-state index in [0.29, 0.717) is 29.3 Å². The number of carbonyl (C=O) groups excluding carboxylic acids is 1. The van der Waals surface area contributed by atoms with Crippen molar-refractivity contribution in [3.05, 3.63) is 10.5 Å². The maximum absolute atomic E-state index is 12.2. The molecule has 0 saturated heterocycles. The number of aromatic nitrogens is 3. The van der Waals surface area contributed by atoms with Crippen molar-refractivity contribution in [2.45, 2.75) is 64.2 Å². The Morgan fingerprint density at radius 1 is 1.45 bits per heavy atom. The molecule has 1 aromatic rings. The monoisotopic (exact) mass is 326 g/mol. The molecule has 0 aromatic carbocycles. The molecule has 7 heteroatoms. The lowest BCUT2D eigenvalue weighted by Crippen LogP contribution is -2.44. The Labute approximate surface area is 135 Å². The Morgan fingerprint density at radius 2 is 2.23 bits per heavy atom. The van der Waals surface area contributed by atoms with E-state index >= 15 is 0 Å². The molecule has 1 aromatic heterocycles. The zero-order valence-electron chi connectivity index (χ0n) is 13.6. The molecule has 124 valence electrons. The minimum absolute atomic E-state index is 0.0226. The summed E-state index contributed by atoms with van der Waals surface area (Å²) < 4.78 is 1.59. The van der Waals surface area contributed by atoms with Crippen LogP contribution in [0.25, 0.3) is 0 Å². The van der Waals surface area contributed by atoms with Crippen LogP contribution in [0.3, 0.4) is 0 Å². The summed E-state index contributed by atoms with van der Waals surface area (Å²) in [7, 11) is 0. The third kappa shape index (κ3) is 4.15. The number of thioether (sulfide) groups is 1. The second-order valence-electron chi connectivity index (χ2n) is 6.19. The van der Waals surface area contributed by atoms with Crippen molar-refractivity contribution in [2.75, 3.05) is 5.75 Å². The van der Waals surface area contributed by atoms with Gasteiger partial charge in [0.05, 0.1) is 5.75 Å². The molecule has 0 spiro atoms. The van der Waals surface area contributed by atoms with E-state index in [1.807, 2.05) is 6.92 Å². The molecule has 1 aliphatic rings. The summed E-state index contributed by atoms with van der Waals surface area (Å²) in [4.78, 5) is 23.8. The average Bonchev–Trinajstić information content (AvgIpc) is 2.83. The fourth-order valence-electron chi connectivity index (χ4n) is 3.00. The van der Waals surface area contributed by atoms with Crippen molar-refractivity contribution >= 4 is 17.7 Å². The van der Waals surface area contributed by atoms with Crippen LogP contribution < -0.4 is 11.0 Å². The molecule has 1 amide bonds. The van der Waals surface area contributed by atoms with Gasteiger partial charge in [-0.25, -0.2) is 9.89 Å². The lowest BCUT2D eigenvalue weighted by atomic mass is 9.78. The van der Waals surface area contributed by atoms with E-state index in [0.717, 1.165) is 12.8 Å². The highest BCUT2D eigenvalue weighted by Crippen LogP contribution is 2.29. The number of hydrogen-bond donors (Lipinski definition) is 2. The maximum Gasteiger partial charge on any atom is 0.343 e. The van der Waals surface area contributed by atoms with E-state index in [1.165, 1.54) is 24.6 Å². The van der Waals surface area contributed by atoms with Crippen molar-refractivity contribution in [2.24, 2.45) is 11.8 Å². The Bertz CT molecular complexity index is 554. The van der Waals surface area contributed by atoms with Crippen LogP contribution in [0.5, 0.6) is 0 Å². The number of rotatable bonds is 6. The fraction of sp³-hybridized carbons (Fsp3) is 0.800. The van der Waals surface area contributed by atoms with Gasteiger partial charge in [-0.2, -0.15) is 0 Å². The number of nitrogens with one attached hydrogen (secondary N) is 2. The smallest absolute Gasteiger partial charge is 0.343 e. The normalized spacial score (nSPS) is 25.1. The van der Waals surface area contributed by atoms with E-state index < -0.39 is 0 Å². The second-order valence-corrected chi connectivity index (χ2v) is 7.14. The molecule has 1 saturated carbocycles. The first kappa shape index (κ1) is 17.1. The van der Waals surface area contributed by atoms with Gasteiger partial charge in [0.15, 0.2) is 5.16 Å². The highest BCUT2D eigenvalue weighted by Gasteiger charge is 2.28. The Morgan fingerprint density at radius 3 is 2.95 bits per heavy atom. The third-order valence-electron chi connectivity index (χ3n) is 4.56. The Kier molecular flexibility index (Phi) is 6.11. The van der Waals surface area contributed by atoms with Gasteiger partial charge in [0.1, 0.15) is 0 Å². The van der Waals surface area contributed by atoms with E-state index in [2.05, 4.69) is 29.4 Å². The first-order valence-corrected chi connectivity index (χ1v) is 9.08. The van der Waals surface area contributed by atoms with Crippen molar-refractivity contribution in [3.63, 3.8) is 0 Å². The standard InChI is InChI=1S/C15H26N4O2S/c1-4-8-19-14(21)17-18-15(19)22-9-13(20)16-12-7-5-6-10(2)11(12)3/h10-12H,4-9H2,1-3H3,(H,16,20)(H,17,21)/t10-,11+,12+/m0/s1. The quantitative estimate of drug-likeness (QED) is 0.784. The lowest BCUT2D eigenvalue weighted by Gasteiger charge is -2.34. The molecule has 2 N–H and O–H groups in total.